The maximum absolute atomic E-state index is 11.0. The van der Waals surface area contributed by atoms with Gasteiger partial charge in [-0.1, -0.05) is 11.6 Å². The van der Waals surface area contributed by atoms with Gasteiger partial charge in [-0.05, 0) is 22.4 Å². The van der Waals surface area contributed by atoms with Crippen molar-refractivity contribution in [2.75, 3.05) is 13.1 Å². The number of aromatic nitrogens is 3. The largest absolute Gasteiger partial charge is 0.465 e. The summed E-state index contributed by atoms with van der Waals surface area (Å²) in [4.78, 5) is 17.0. The van der Waals surface area contributed by atoms with Crippen LogP contribution in [0.5, 0.6) is 0 Å². The van der Waals surface area contributed by atoms with Gasteiger partial charge in [0.2, 0.25) is 0 Å². The Hall–Kier alpha value is -1.34. The van der Waals surface area contributed by atoms with Gasteiger partial charge in [0, 0.05) is 25.1 Å². The van der Waals surface area contributed by atoms with Gasteiger partial charge >= 0.3 is 6.09 Å². The SMILES string of the molecule is O=C(O)N1CCc2nc3c(Br)cnn3c(Cl)c2CC1. The minimum atomic E-state index is -0.908. The van der Waals surface area contributed by atoms with Crippen molar-refractivity contribution in [3.05, 3.63) is 27.1 Å². The lowest BCUT2D eigenvalue weighted by atomic mass is 10.1. The van der Waals surface area contributed by atoms with E-state index in [0.29, 0.717) is 36.7 Å². The Labute approximate surface area is 122 Å². The van der Waals surface area contributed by atoms with Gasteiger partial charge in [-0.3, -0.25) is 0 Å². The highest BCUT2D eigenvalue weighted by Crippen LogP contribution is 2.27. The maximum atomic E-state index is 11.0. The highest BCUT2D eigenvalue weighted by Gasteiger charge is 2.22. The summed E-state index contributed by atoms with van der Waals surface area (Å²) in [6.45, 7) is 0.866. The highest BCUT2D eigenvalue weighted by molar-refractivity contribution is 9.10. The van der Waals surface area contributed by atoms with E-state index in [1.54, 1.807) is 10.7 Å². The molecule has 8 heteroatoms. The van der Waals surface area contributed by atoms with E-state index in [2.05, 4.69) is 26.0 Å². The number of halogens is 2. The van der Waals surface area contributed by atoms with Crippen LogP contribution in [0.2, 0.25) is 5.15 Å². The molecule has 0 aromatic carbocycles. The van der Waals surface area contributed by atoms with Crippen molar-refractivity contribution in [1.82, 2.24) is 19.5 Å². The molecule has 0 spiro atoms. The van der Waals surface area contributed by atoms with Gasteiger partial charge in [0.15, 0.2) is 5.65 Å². The predicted molar refractivity (Wildman–Crippen MR) is 72.7 cm³/mol. The average Bonchev–Trinajstić information content (AvgIpc) is 2.62. The number of hydrogen-bond donors (Lipinski definition) is 1. The molecule has 1 N–H and O–H groups in total. The molecule has 1 amide bonds. The third kappa shape index (κ3) is 2.06. The summed E-state index contributed by atoms with van der Waals surface area (Å²) in [6.07, 6.45) is 1.86. The van der Waals surface area contributed by atoms with Crippen LogP contribution in [-0.2, 0) is 12.8 Å². The Kier molecular flexibility index (Phi) is 3.10. The van der Waals surface area contributed by atoms with Crippen molar-refractivity contribution in [2.24, 2.45) is 0 Å². The van der Waals surface area contributed by atoms with Crippen LogP contribution in [0, 0.1) is 0 Å². The number of nitrogens with zero attached hydrogens (tertiary/aromatic N) is 4. The first kappa shape index (κ1) is 12.7. The molecule has 3 rings (SSSR count). The topological polar surface area (TPSA) is 70.7 Å². The second-order valence-electron chi connectivity index (χ2n) is 4.33. The molecular weight excluding hydrogens is 336 g/mol. The zero-order chi connectivity index (χ0) is 13.6. The quantitative estimate of drug-likeness (QED) is 0.743. The van der Waals surface area contributed by atoms with Crippen LogP contribution >= 0.6 is 27.5 Å². The van der Waals surface area contributed by atoms with Crippen LogP contribution in [0.15, 0.2) is 10.7 Å². The van der Waals surface area contributed by atoms with Gasteiger partial charge in [0.1, 0.15) is 5.15 Å². The van der Waals surface area contributed by atoms with Crippen LogP contribution in [0.3, 0.4) is 0 Å². The number of carboxylic acid groups (broad SMARTS) is 1. The molecule has 0 unspecified atom stereocenters. The van der Waals surface area contributed by atoms with Crippen molar-refractivity contribution < 1.29 is 9.90 Å². The summed E-state index contributed by atoms with van der Waals surface area (Å²) in [6, 6.07) is 0. The van der Waals surface area contributed by atoms with E-state index in [1.165, 1.54) is 4.90 Å². The van der Waals surface area contributed by atoms with Gasteiger partial charge < -0.3 is 10.0 Å². The number of carbonyl (C=O) groups is 1. The van der Waals surface area contributed by atoms with E-state index in [0.717, 1.165) is 15.7 Å². The molecular formula is C11H10BrClN4O2. The van der Waals surface area contributed by atoms with Crippen LogP contribution in [-0.4, -0.2) is 43.8 Å². The molecule has 2 aromatic heterocycles. The van der Waals surface area contributed by atoms with Crippen molar-refractivity contribution in [3.8, 4) is 0 Å². The van der Waals surface area contributed by atoms with Crippen LogP contribution in [0.1, 0.15) is 11.3 Å². The Bertz CT molecular complexity index is 672. The molecule has 0 saturated heterocycles. The van der Waals surface area contributed by atoms with Crippen LogP contribution < -0.4 is 0 Å². The molecule has 0 atom stereocenters. The van der Waals surface area contributed by atoms with Gasteiger partial charge in [-0.2, -0.15) is 5.10 Å². The molecule has 0 aliphatic carbocycles. The van der Waals surface area contributed by atoms with Gasteiger partial charge in [0.05, 0.1) is 16.4 Å². The highest BCUT2D eigenvalue weighted by atomic mass is 79.9. The smallest absolute Gasteiger partial charge is 0.407 e. The Morgan fingerprint density at radius 1 is 1.42 bits per heavy atom. The second-order valence-corrected chi connectivity index (χ2v) is 5.54. The van der Waals surface area contributed by atoms with E-state index in [4.69, 9.17) is 16.7 Å². The number of hydrogen-bond acceptors (Lipinski definition) is 3. The summed E-state index contributed by atoms with van der Waals surface area (Å²) >= 11 is 9.72. The lowest BCUT2D eigenvalue weighted by Crippen LogP contribution is -2.31. The fourth-order valence-electron chi connectivity index (χ4n) is 2.25. The monoisotopic (exact) mass is 344 g/mol. The summed E-state index contributed by atoms with van der Waals surface area (Å²) in [5.41, 5.74) is 2.39. The Morgan fingerprint density at radius 3 is 2.89 bits per heavy atom. The molecule has 1 aliphatic heterocycles. The first-order valence-corrected chi connectivity index (χ1v) is 6.93. The van der Waals surface area contributed by atoms with E-state index >= 15 is 0 Å². The molecule has 100 valence electrons. The minimum Gasteiger partial charge on any atom is -0.465 e. The maximum Gasteiger partial charge on any atom is 0.407 e. The van der Waals surface area contributed by atoms with Crippen molar-refractivity contribution in [3.63, 3.8) is 0 Å². The van der Waals surface area contributed by atoms with Crippen molar-refractivity contribution in [1.29, 1.82) is 0 Å². The molecule has 0 bridgehead atoms. The first-order valence-electron chi connectivity index (χ1n) is 5.76. The average molecular weight is 346 g/mol. The molecule has 1 aliphatic rings. The van der Waals surface area contributed by atoms with Gasteiger partial charge in [0.25, 0.3) is 0 Å². The van der Waals surface area contributed by atoms with Crippen molar-refractivity contribution >= 4 is 39.3 Å². The minimum absolute atomic E-state index is 0.428. The summed E-state index contributed by atoms with van der Waals surface area (Å²) in [7, 11) is 0. The predicted octanol–water partition coefficient (Wildman–Crippen LogP) is 2.22. The lowest BCUT2D eigenvalue weighted by molar-refractivity contribution is 0.147. The fourth-order valence-corrected chi connectivity index (χ4v) is 2.93. The summed E-state index contributed by atoms with van der Waals surface area (Å²) in [5, 5.41) is 13.7. The fraction of sp³-hybridized carbons (Fsp3) is 0.364. The standard InChI is InChI=1S/C11H10BrClN4O2/c12-7-5-14-17-9(13)6-1-3-16(11(18)19)4-2-8(6)15-10(7)17/h5H,1-4H2,(H,18,19). The van der Waals surface area contributed by atoms with Crippen molar-refractivity contribution in [2.45, 2.75) is 12.8 Å². The summed E-state index contributed by atoms with van der Waals surface area (Å²) in [5.74, 6) is 0. The third-order valence-corrected chi connectivity index (χ3v) is 4.19. The molecule has 3 heterocycles. The molecule has 0 radical (unpaired) electrons. The molecule has 19 heavy (non-hydrogen) atoms. The lowest BCUT2D eigenvalue weighted by Gasteiger charge is -2.14. The molecule has 0 saturated carbocycles. The first-order chi connectivity index (χ1) is 9.08. The Balaban J connectivity index is 2.09. The summed E-state index contributed by atoms with van der Waals surface area (Å²) < 4.78 is 2.34. The third-order valence-electron chi connectivity index (χ3n) is 3.25. The zero-order valence-electron chi connectivity index (χ0n) is 9.81. The number of fused-ring (bicyclic) bond motifs is 2. The number of amides is 1. The second kappa shape index (κ2) is 4.64. The van der Waals surface area contributed by atoms with Crippen LogP contribution in [0.4, 0.5) is 4.79 Å². The molecule has 6 nitrogen and oxygen atoms in total. The van der Waals surface area contributed by atoms with Crippen LogP contribution in [0.25, 0.3) is 5.65 Å². The van der Waals surface area contributed by atoms with E-state index in [9.17, 15) is 4.79 Å². The van der Waals surface area contributed by atoms with Gasteiger partial charge in [-0.15, -0.1) is 0 Å². The molecule has 2 aromatic rings. The molecule has 0 fully saturated rings. The number of rotatable bonds is 0. The zero-order valence-corrected chi connectivity index (χ0v) is 12.1. The van der Waals surface area contributed by atoms with E-state index in [1.807, 2.05) is 0 Å². The van der Waals surface area contributed by atoms with E-state index < -0.39 is 6.09 Å². The van der Waals surface area contributed by atoms with Gasteiger partial charge in [-0.25, -0.2) is 14.3 Å². The normalized spacial score (nSPS) is 15.4. The Morgan fingerprint density at radius 2 is 2.16 bits per heavy atom. The van der Waals surface area contributed by atoms with E-state index in [-0.39, 0.29) is 0 Å².